The van der Waals surface area contributed by atoms with E-state index in [2.05, 4.69) is 13.8 Å². The third-order valence-corrected chi connectivity index (χ3v) is 2.55. The summed E-state index contributed by atoms with van der Waals surface area (Å²) in [5.74, 6) is 0.922. The normalized spacial score (nSPS) is 10.6. The van der Waals surface area contributed by atoms with E-state index in [4.69, 9.17) is 14.9 Å². The van der Waals surface area contributed by atoms with Gasteiger partial charge >= 0.3 is 0 Å². The maximum Gasteiger partial charge on any atom is 0.213 e. The van der Waals surface area contributed by atoms with Crippen LogP contribution in [0.5, 0.6) is 0 Å². The molecular weight excluding hydrogens is 226 g/mol. The molecule has 0 atom stereocenters. The van der Waals surface area contributed by atoms with Crippen LogP contribution in [0.1, 0.15) is 32.3 Å². The van der Waals surface area contributed by atoms with Crippen molar-refractivity contribution in [1.82, 2.24) is 0 Å². The molecule has 0 unspecified atom stereocenters. The minimum atomic E-state index is 0.234. The van der Waals surface area contributed by atoms with Crippen molar-refractivity contribution < 1.29 is 9.47 Å². The topological polar surface area (TPSA) is 42.3 Å². The number of nitrogens with one attached hydrogen (secondary N) is 1. The summed E-state index contributed by atoms with van der Waals surface area (Å²) in [4.78, 5) is 0. The zero-order valence-corrected chi connectivity index (χ0v) is 11.3. The average molecular weight is 249 g/mol. The summed E-state index contributed by atoms with van der Waals surface area (Å²) in [7, 11) is 0. The van der Waals surface area contributed by atoms with Gasteiger partial charge in [0.1, 0.15) is 0 Å². The van der Waals surface area contributed by atoms with Crippen LogP contribution in [0, 0.1) is 11.3 Å². The number of benzene rings is 1. The number of ether oxygens (including phenoxy) is 2. The van der Waals surface area contributed by atoms with Gasteiger partial charge in [-0.2, -0.15) is 0 Å². The molecule has 3 nitrogen and oxygen atoms in total. The third-order valence-electron chi connectivity index (χ3n) is 2.55. The Hall–Kier alpha value is -1.35. The summed E-state index contributed by atoms with van der Waals surface area (Å²) in [6.07, 6.45) is 1.92. The van der Waals surface area contributed by atoms with Gasteiger partial charge in [0.25, 0.3) is 0 Å². The Morgan fingerprint density at radius 1 is 1.11 bits per heavy atom. The highest BCUT2D eigenvalue weighted by Crippen LogP contribution is 2.02. The Labute approximate surface area is 110 Å². The zero-order chi connectivity index (χ0) is 13.2. The number of rotatable bonds is 8. The van der Waals surface area contributed by atoms with E-state index in [9.17, 15) is 0 Å². The zero-order valence-electron chi connectivity index (χ0n) is 11.3. The Kier molecular flexibility index (Phi) is 7.11. The van der Waals surface area contributed by atoms with Crippen molar-refractivity contribution in [2.24, 2.45) is 5.92 Å². The SMILES string of the molecule is CC(C)CCOCCCOC(=N)c1ccccc1. The van der Waals surface area contributed by atoms with Gasteiger partial charge in [-0.25, -0.2) is 0 Å². The highest BCUT2D eigenvalue weighted by Gasteiger charge is 2.00. The Morgan fingerprint density at radius 3 is 2.50 bits per heavy atom. The van der Waals surface area contributed by atoms with Crippen LogP contribution in [-0.4, -0.2) is 25.7 Å². The first kappa shape index (κ1) is 14.7. The molecule has 1 N–H and O–H groups in total. The molecule has 0 aliphatic carbocycles. The van der Waals surface area contributed by atoms with Crippen molar-refractivity contribution >= 4 is 5.90 Å². The Morgan fingerprint density at radius 2 is 1.83 bits per heavy atom. The summed E-state index contributed by atoms with van der Waals surface area (Å²) in [6, 6.07) is 9.49. The molecule has 0 radical (unpaired) electrons. The Bertz CT molecular complexity index is 336. The lowest BCUT2D eigenvalue weighted by atomic mass is 10.1. The summed E-state index contributed by atoms with van der Waals surface area (Å²) in [5, 5.41) is 7.74. The molecule has 0 aliphatic heterocycles. The van der Waals surface area contributed by atoms with Crippen LogP contribution >= 0.6 is 0 Å². The summed E-state index contributed by atoms with van der Waals surface area (Å²) >= 11 is 0. The first-order valence-corrected chi connectivity index (χ1v) is 6.54. The largest absolute Gasteiger partial charge is 0.478 e. The van der Waals surface area contributed by atoms with Crippen LogP contribution in [0.4, 0.5) is 0 Å². The predicted octanol–water partition coefficient (Wildman–Crippen LogP) is 3.48. The van der Waals surface area contributed by atoms with Crippen LogP contribution in [0.2, 0.25) is 0 Å². The molecular formula is C15H23NO2. The smallest absolute Gasteiger partial charge is 0.213 e. The predicted molar refractivity (Wildman–Crippen MR) is 74.1 cm³/mol. The van der Waals surface area contributed by atoms with E-state index in [0.717, 1.165) is 25.0 Å². The minimum absolute atomic E-state index is 0.234. The van der Waals surface area contributed by atoms with Crippen LogP contribution in [-0.2, 0) is 9.47 Å². The third kappa shape index (κ3) is 6.40. The van der Waals surface area contributed by atoms with Crippen molar-refractivity contribution in [3.63, 3.8) is 0 Å². The van der Waals surface area contributed by atoms with Gasteiger partial charge in [0.15, 0.2) is 0 Å². The van der Waals surface area contributed by atoms with Crippen molar-refractivity contribution in [2.45, 2.75) is 26.7 Å². The van der Waals surface area contributed by atoms with E-state index in [0.29, 0.717) is 19.1 Å². The van der Waals surface area contributed by atoms with E-state index in [-0.39, 0.29) is 5.90 Å². The van der Waals surface area contributed by atoms with E-state index >= 15 is 0 Å². The molecule has 0 amide bonds. The fraction of sp³-hybridized carbons (Fsp3) is 0.533. The molecule has 0 bridgehead atoms. The number of hydrogen-bond donors (Lipinski definition) is 1. The minimum Gasteiger partial charge on any atom is -0.478 e. The maximum atomic E-state index is 7.74. The van der Waals surface area contributed by atoms with E-state index in [1.54, 1.807) is 0 Å². The van der Waals surface area contributed by atoms with Crippen LogP contribution in [0.25, 0.3) is 0 Å². The van der Waals surface area contributed by atoms with Gasteiger partial charge in [-0.05, 0) is 24.5 Å². The second-order valence-electron chi connectivity index (χ2n) is 4.69. The first-order valence-electron chi connectivity index (χ1n) is 6.54. The molecule has 1 aromatic rings. The highest BCUT2D eigenvalue weighted by molar-refractivity contribution is 5.91. The molecule has 1 rings (SSSR count). The average Bonchev–Trinajstić information content (AvgIpc) is 2.38. The first-order chi connectivity index (χ1) is 8.70. The van der Waals surface area contributed by atoms with Crippen molar-refractivity contribution in [2.75, 3.05) is 19.8 Å². The Balaban J connectivity index is 2.03. The van der Waals surface area contributed by atoms with Crippen molar-refractivity contribution in [3.8, 4) is 0 Å². The fourth-order valence-electron chi connectivity index (χ4n) is 1.43. The van der Waals surface area contributed by atoms with Gasteiger partial charge in [0.2, 0.25) is 5.90 Å². The second-order valence-corrected chi connectivity index (χ2v) is 4.69. The van der Waals surface area contributed by atoms with E-state index < -0.39 is 0 Å². The molecule has 18 heavy (non-hydrogen) atoms. The molecule has 3 heteroatoms. The van der Waals surface area contributed by atoms with E-state index in [1.165, 1.54) is 0 Å². The van der Waals surface area contributed by atoms with Crippen molar-refractivity contribution in [1.29, 1.82) is 5.41 Å². The van der Waals surface area contributed by atoms with Crippen LogP contribution < -0.4 is 0 Å². The molecule has 0 aliphatic rings. The summed E-state index contributed by atoms with van der Waals surface area (Å²) in [5.41, 5.74) is 0.818. The molecule has 0 fully saturated rings. The number of hydrogen-bond acceptors (Lipinski definition) is 3. The molecule has 0 heterocycles. The quantitative estimate of drug-likeness (QED) is 0.435. The van der Waals surface area contributed by atoms with Crippen molar-refractivity contribution in [3.05, 3.63) is 35.9 Å². The van der Waals surface area contributed by atoms with Crippen LogP contribution in [0.3, 0.4) is 0 Å². The molecule has 0 saturated carbocycles. The van der Waals surface area contributed by atoms with Gasteiger partial charge in [-0.3, -0.25) is 5.41 Å². The summed E-state index contributed by atoms with van der Waals surface area (Å²) < 4.78 is 10.8. The molecule has 0 saturated heterocycles. The van der Waals surface area contributed by atoms with Gasteiger partial charge in [0.05, 0.1) is 6.61 Å². The monoisotopic (exact) mass is 249 g/mol. The van der Waals surface area contributed by atoms with Gasteiger partial charge in [-0.1, -0.05) is 32.0 Å². The lowest BCUT2D eigenvalue weighted by molar-refractivity contribution is 0.109. The van der Waals surface area contributed by atoms with Gasteiger partial charge in [0, 0.05) is 25.2 Å². The second kappa shape index (κ2) is 8.70. The molecule has 1 aromatic carbocycles. The fourth-order valence-corrected chi connectivity index (χ4v) is 1.43. The summed E-state index contributed by atoms with van der Waals surface area (Å²) in [6.45, 7) is 6.43. The highest BCUT2D eigenvalue weighted by atomic mass is 16.5. The lowest BCUT2D eigenvalue weighted by Gasteiger charge is -2.08. The molecule has 100 valence electrons. The molecule has 0 aromatic heterocycles. The van der Waals surface area contributed by atoms with Gasteiger partial charge < -0.3 is 9.47 Å². The standard InChI is InChI=1S/C15H23NO2/c1-13(2)9-12-17-10-6-11-18-15(16)14-7-4-3-5-8-14/h3-5,7-8,13,16H,6,9-12H2,1-2H3. The van der Waals surface area contributed by atoms with Crippen LogP contribution in [0.15, 0.2) is 30.3 Å². The van der Waals surface area contributed by atoms with E-state index in [1.807, 2.05) is 30.3 Å². The lowest BCUT2D eigenvalue weighted by Crippen LogP contribution is -2.09. The molecule has 0 spiro atoms. The van der Waals surface area contributed by atoms with Gasteiger partial charge in [-0.15, -0.1) is 0 Å². The maximum absolute atomic E-state index is 7.74.